The molecule has 0 N–H and O–H groups in total. The second-order valence-corrected chi connectivity index (χ2v) is 4.32. The Kier molecular flexibility index (Phi) is 4.58. The Morgan fingerprint density at radius 1 is 1.54 bits per heavy atom. The van der Waals surface area contributed by atoms with Crippen molar-refractivity contribution in [3.05, 3.63) is 9.47 Å². The van der Waals surface area contributed by atoms with Gasteiger partial charge >= 0.3 is 0 Å². The van der Waals surface area contributed by atoms with Crippen molar-refractivity contribution in [3.8, 4) is 0 Å². The molecule has 0 atom stereocenters. The number of rotatable bonds is 5. The number of aromatic nitrogens is 2. The minimum atomic E-state index is 0.496. The Hall–Kier alpha value is -0.230. The summed E-state index contributed by atoms with van der Waals surface area (Å²) < 4.78 is 5.45. The number of nitrogens with zero attached hydrogens (tertiary/aromatic N) is 3. The number of ether oxygens (including phenoxy) is 1. The van der Waals surface area contributed by atoms with Gasteiger partial charge in [-0.1, -0.05) is 11.3 Å². The lowest BCUT2D eigenvalue weighted by molar-refractivity contribution is 0.158. The number of hydrogen-bond donors (Lipinski definition) is 0. The zero-order valence-corrected chi connectivity index (χ0v) is 9.23. The van der Waals surface area contributed by atoms with Gasteiger partial charge in [-0.3, -0.25) is 4.90 Å². The molecule has 0 aromatic carbocycles. The maximum Gasteiger partial charge on any atom is 0.207 e. The normalized spacial score (nSPS) is 11.1. The molecule has 74 valence electrons. The van der Waals surface area contributed by atoms with E-state index in [-0.39, 0.29) is 0 Å². The van der Waals surface area contributed by atoms with Crippen LogP contribution in [0.1, 0.15) is 5.01 Å². The van der Waals surface area contributed by atoms with E-state index in [2.05, 4.69) is 15.1 Å². The molecule has 0 saturated carbocycles. The fourth-order valence-corrected chi connectivity index (χ4v) is 1.80. The molecule has 0 unspecified atom stereocenters. The summed E-state index contributed by atoms with van der Waals surface area (Å²) in [6.45, 7) is 2.38. The molecule has 4 nitrogen and oxygen atoms in total. The third kappa shape index (κ3) is 3.99. The van der Waals surface area contributed by atoms with Crippen LogP contribution in [-0.4, -0.2) is 42.4 Å². The predicted octanol–water partition coefficient (Wildman–Crippen LogP) is 1.27. The van der Waals surface area contributed by atoms with Crippen LogP contribution in [0.15, 0.2) is 0 Å². The summed E-state index contributed by atoms with van der Waals surface area (Å²) in [5.41, 5.74) is 0. The lowest BCUT2D eigenvalue weighted by Crippen LogP contribution is -2.22. The van der Waals surface area contributed by atoms with Crippen molar-refractivity contribution in [1.29, 1.82) is 0 Å². The Morgan fingerprint density at radius 3 is 2.85 bits per heavy atom. The van der Waals surface area contributed by atoms with Crippen LogP contribution in [0.5, 0.6) is 0 Å². The molecule has 0 radical (unpaired) electrons. The van der Waals surface area contributed by atoms with E-state index in [0.717, 1.165) is 24.7 Å². The van der Waals surface area contributed by atoms with E-state index in [0.29, 0.717) is 4.47 Å². The minimum Gasteiger partial charge on any atom is -0.383 e. The molecule has 6 heteroatoms. The van der Waals surface area contributed by atoms with Crippen molar-refractivity contribution in [2.45, 2.75) is 6.54 Å². The number of methoxy groups -OCH3 is 1. The van der Waals surface area contributed by atoms with E-state index in [1.54, 1.807) is 7.11 Å². The SMILES string of the molecule is COCCN(C)Cc1nnc(Cl)s1. The summed E-state index contributed by atoms with van der Waals surface area (Å²) in [5, 5.41) is 8.58. The van der Waals surface area contributed by atoms with Crippen LogP contribution in [-0.2, 0) is 11.3 Å². The molecule has 0 amide bonds. The van der Waals surface area contributed by atoms with Gasteiger partial charge in [0.15, 0.2) is 0 Å². The van der Waals surface area contributed by atoms with Crippen molar-refractivity contribution < 1.29 is 4.74 Å². The van der Waals surface area contributed by atoms with Gasteiger partial charge < -0.3 is 4.74 Å². The lowest BCUT2D eigenvalue weighted by atomic mass is 10.5. The molecule has 0 aliphatic carbocycles. The fraction of sp³-hybridized carbons (Fsp3) is 0.714. The molecule has 1 aromatic rings. The monoisotopic (exact) mass is 221 g/mol. The predicted molar refractivity (Wildman–Crippen MR) is 53.1 cm³/mol. The highest BCUT2D eigenvalue weighted by Gasteiger charge is 2.04. The number of halogens is 1. The van der Waals surface area contributed by atoms with Gasteiger partial charge in [0, 0.05) is 13.7 Å². The Morgan fingerprint density at radius 2 is 2.31 bits per heavy atom. The topological polar surface area (TPSA) is 38.2 Å². The molecule has 13 heavy (non-hydrogen) atoms. The third-order valence-corrected chi connectivity index (χ3v) is 2.53. The van der Waals surface area contributed by atoms with E-state index in [1.165, 1.54) is 11.3 Å². The molecule has 0 saturated heterocycles. The molecule has 0 aliphatic rings. The van der Waals surface area contributed by atoms with Crippen LogP contribution in [0.2, 0.25) is 4.47 Å². The standard InChI is InChI=1S/C7H12ClN3OS/c1-11(3-4-12-2)5-6-9-10-7(8)13-6/h3-5H2,1-2H3. The van der Waals surface area contributed by atoms with Gasteiger partial charge in [0.1, 0.15) is 5.01 Å². The molecule has 0 aliphatic heterocycles. The van der Waals surface area contributed by atoms with Crippen LogP contribution in [0, 0.1) is 0 Å². The van der Waals surface area contributed by atoms with Crippen molar-refractivity contribution in [1.82, 2.24) is 15.1 Å². The van der Waals surface area contributed by atoms with Gasteiger partial charge in [-0.05, 0) is 18.6 Å². The second kappa shape index (κ2) is 5.49. The van der Waals surface area contributed by atoms with Gasteiger partial charge in [-0.15, -0.1) is 10.2 Å². The van der Waals surface area contributed by atoms with Crippen molar-refractivity contribution >= 4 is 22.9 Å². The van der Waals surface area contributed by atoms with Crippen molar-refractivity contribution in [2.75, 3.05) is 27.3 Å². The minimum absolute atomic E-state index is 0.496. The largest absolute Gasteiger partial charge is 0.383 e. The fourth-order valence-electron chi connectivity index (χ4n) is 0.854. The first-order chi connectivity index (χ1) is 6.22. The average molecular weight is 222 g/mol. The summed E-state index contributed by atoms with van der Waals surface area (Å²) >= 11 is 7.06. The van der Waals surface area contributed by atoms with Gasteiger partial charge in [0.25, 0.3) is 0 Å². The number of hydrogen-bond acceptors (Lipinski definition) is 5. The highest BCUT2D eigenvalue weighted by atomic mass is 35.5. The van der Waals surface area contributed by atoms with Crippen molar-refractivity contribution in [2.24, 2.45) is 0 Å². The van der Waals surface area contributed by atoms with Crippen LogP contribution in [0.3, 0.4) is 0 Å². The zero-order chi connectivity index (χ0) is 9.68. The summed E-state index contributed by atoms with van der Waals surface area (Å²) in [7, 11) is 3.70. The molecule has 1 rings (SSSR count). The van der Waals surface area contributed by atoms with E-state index in [1.807, 2.05) is 7.05 Å². The summed E-state index contributed by atoms with van der Waals surface area (Å²) in [6.07, 6.45) is 0. The van der Waals surface area contributed by atoms with Gasteiger partial charge in [0.05, 0.1) is 13.2 Å². The van der Waals surface area contributed by atoms with E-state index >= 15 is 0 Å². The Bertz CT molecular complexity index is 256. The van der Waals surface area contributed by atoms with Gasteiger partial charge in [-0.2, -0.15) is 0 Å². The zero-order valence-electron chi connectivity index (χ0n) is 7.66. The van der Waals surface area contributed by atoms with Gasteiger partial charge in [-0.25, -0.2) is 0 Å². The quantitative estimate of drug-likeness (QED) is 0.751. The molecule has 1 aromatic heterocycles. The first-order valence-electron chi connectivity index (χ1n) is 3.87. The summed E-state index contributed by atoms with van der Waals surface area (Å²) in [6, 6.07) is 0. The highest BCUT2D eigenvalue weighted by molar-refractivity contribution is 7.15. The maximum atomic E-state index is 5.65. The van der Waals surface area contributed by atoms with Crippen molar-refractivity contribution in [3.63, 3.8) is 0 Å². The molecular formula is C7H12ClN3OS. The first-order valence-corrected chi connectivity index (χ1v) is 5.07. The smallest absolute Gasteiger partial charge is 0.207 e. The summed E-state index contributed by atoms with van der Waals surface area (Å²) in [4.78, 5) is 2.11. The highest BCUT2D eigenvalue weighted by Crippen LogP contribution is 2.15. The average Bonchev–Trinajstić information content (AvgIpc) is 2.48. The van der Waals surface area contributed by atoms with Crippen LogP contribution >= 0.6 is 22.9 Å². The van der Waals surface area contributed by atoms with E-state index in [4.69, 9.17) is 16.3 Å². The molecule has 0 spiro atoms. The van der Waals surface area contributed by atoms with Gasteiger partial charge in [0.2, 0.25) is 4.47 Å². The van der Waals surface area contributed by atoms with E-state index < -0.39 is 0 Å². The Balaban J connectivity index is 2.31. The van der Waals surface area contributed by atoms with Crippen LogP contribution in [0.25, 0.3) is 0 Å². The Labute approximate surface area is 86.5 Å². The maximum absolute atomic E-state index is 5.65. The molecule has 0 fully saturated rings. The lowest BCUT2D eigenvalue weighted by Gasteiger charge is -2.13. The molecule has 0 bridgehead atoms. The second-order valence-electron chi connectivity index (χ2n) is 2.68. The van der Waals surface area contributed by atoms with Crippen LogP contribution in [0.4, 0.5) is 0 Å². The summed E-state index contributed by atoms with van der Waals surface area (Å²) in [5.74, 6) is 0. The third-order valence-electron chi connectivity index (χ3n) is 1.52. The van der Waals surface area contributed by atoms with Crippen LogP contribution < -0.4 is 0 Å². The van der Waals surface area contributed by atoms with E-state index in [9.17, 15) is 0 Å². The molecule has 1 heterocycles. The first kappa shape index (κ1) is 10.8. The molecular weight excluding hydrogens is 210 g/mol. The number of likely N-dealkylation sites (N-methyl/N-ethyl adjacent to an activating group) is 1.